The van der Waals surface area contributed by atoms with Crippen molar-refractivity contribution >= 4 is 23.4 Å². The number of carbonyl (C=O) groups excluding carboxylic acids is 1. The van der Waals surface area contributed by atoms with Crippen molar-refractivity contribution in [3.63, 3.8) is 0 Å². The predicted octanol–water partition coefficient (Wildman–Crippen LogP) is 2.45. The Balaban J connectivity index is 1.39. The van der Waals surface area contributed by atoms with Crippen LogP contribution in [-0.2, 0) is 11.3 Å². The summed E-state index contributed by atoms with van der Waals surface area (Å²) in [7, 11) is 0. The van der Waals surface area contributed by atoms with Crippen molar-refractivity contribution < 1.29 is 13.9 Å². The number of hydrogen-bond donors (Lipinski definition) is 0. The molecule has 1 amide bonds. The summed E-state index contributed by atoms with van der Waals surface area (Å²) < 4.78 is 13.0. The zero-order valence-electron chi connectivity index (χ0n) is 15.1. The lowest BCUT2D eigenvalue weighted by Gasteiger charge is -2.29. The number of hydrogen-bond acceptors (Lipinski definition) is 7. The normalized spacial score (nSPS) is 13.3. The summed E-state index contributed by atoms with van der Waals surface area (Å²) in [5.74, 6) is 1.40. The molecule has 2 aromatic heterocycles. The number of carbonyl (C=O) groups is 1. The summed E-state index contributed by atoms with van der Waals surface area (Å²) in [5, 5.41) is 12.6. The van der Waals surface area contributed by atoms with Gasteiger partial charge in [-0.05, 0) is 37.6 Å². The Kier molecular flexibility index (Phi) is 4.85. The van der Waals surface area contributed by atoms with Gasteiger partial charge in [0.25, 0.3) is 5.22 Å². The highest BCUT2D eigenvalue weighted by atomic mass is 32.2. The van der Waals surface area contributed by atoms with Gasteiger partial charge in [-0.1, -0.05) is 17.8 Å². The van der Waals surface area contributed by atoms with Crippen molar-refractivity contribution in [1.82, 2.24) is 20.0 Å². The minimum Gasteiger partial charge on any atom is -0.490 e. The maximum Gasteiger partial charge on any atom is 0.277 e. The van der Waals surface area contributed by atoms with E-state index in [1.807, 2.05) is 38.1 Å². The number of aryl methyl sites for hydroxylation is 2. The van der Waals surface area contributed by atoms with Gasteiger partial charge in [-0.2, -0.15) is 5.10 Å². The average Bonchev–Trinajstić information content (AvgIpc) is 3.28. The third-order valence-corrected chi connectivity index (χ3v) is 5.06. The van der Waals surface area contributed by atoms with Gasteiger partial charge >= 0.3 is 0 Å². The van der Waals surface area contributed by atoms with Crippen molar-refractivity contribution in [3.05, 3.63) is 47.6 Å². The van der Waals surface area contributed by atoms with Crippen molar-refractivity contribution in [2.45, 2.75) is 25.6 Å². The Hall–Kier alpha value is -2.81. The minimum absolute atomic E-state index is 0.0159. The number of ether oxygens (including phenoxy) is 1. The van der Waals surface area contributed by atoms with E-state index in [0.717, 1.165) is 22.7 Å². The van der Waals surface area contributed by atoms with Gasteiger partial charge in [-0.15, -0.1) is 10.2 Å². The summed E-state index contributed by atoms with van der Waals surface area (Å²) in [6.07, 6.45) is 1.72. The van der Waals surface area contributed by atoms with E-state index in [2.05, 4.69) is 15.3 Å². The van der Waals surface area contributed by atoms with Gasteiger partial charge in [0.2, 0.25) is 11.8 Å². The molecule has 0 N–H and O–H groups in total. The molecular formula is C18H19N5O3S. The molecule has 9 heteroatoms. The molecule has 1 aliphatic heterocycles. The van der Waals surface area contributed by atoms with Crippen LogP contribution in [0.1, 0.15) is 17.1 Å². The Morgan fingerprint density at radius 3 is 2.96 bits per heavy atom. The molecule has 0 aliphatic carbocycles. The highest BCUT2D eigenvalue weighted by Crippen LogP contribution is 2.33. The minimum atomic E-state index is -0.0159. The van der Waals surface area contributed by atoms with E-state index < -0.39 is 0 Å². The third-order valence-electron chi connectivity index (χ3n) is 4.26. The molecule has 1 aromatic carbocycles. The molecule has 0 saturated heterocycles. The summed E-state index contributed by atoms with van der Waals surface area (Å²) in [6.45, 7) is 5.38. The number of rotatable bonds is 5. The van der Waals surface area contributed by atoms with Gasteiger partial charge in [0, 0.05) is 11.9 Å². The molecule has 1 aliphatic rings. The van der Waals surface area contributed by atoms with Crippen molar-refractivity contribution in [3.8, 4) is 5.75 Å². The maximum absolute atomic E-state index is 12.7. The zero-order chi connectivity index (χ0) is 18.8. The van der Waals surface area contributed by atoms with E-state index in [-0.39, 0.29) is 11.7 Å². The largest absolute Gasteiger partial charge is 0.490 e. The summed E-state index contributed by atoms with van der Waals surface area (Å²) in [6, 6.07) is 7.75. The first-order chi connectivity index (χ1) is 13.1. The molecule has 140 valence electrons. The fourth-order valence-corrected chi connectivity index (χ4v) is 3.50. The summed E-state index contributed by atoms with van der Waals surface area (Å²) in [4.78, 5) is 14.5. The van der Waals surface area contributed by atoms with Crippen molar-refractivity contribution in [1.29, 1.82) is 0 Å². The highest BCUT2D eigenvalue weighted by Gasteiger charge is 2.24. The Bertz CT molecular complexity index is 968. The molecule has 0 radical (unpaired) electrons. The molecule has 0 spiro atoms. The molecule has 3 aromatic rings. The van der Waals surface area contributed by atoms with E-state index >= 15 is 0 Å². The first-order valence-corrected chi connectivity index (χ1v) is 9.56. The summed E-state index contributed by atoms with van der Waals surface area (Å²) in [5.41, 5.74) is 2.91. The van der Waals surface area contributed by atoms with Crippen LogP contribution in [-0.4, -0.2) is 44.8 Å². The SMILES string of the molecule is Cc1ccc2c(c1)N(C(=O)CSc1nnc(Cn3nccc3C)o1)CCO2. The van der Waals surface area contributed by atoms with Gasteiger partial charge in [-0.3, -0.25) is 9.48 Å². The molecule has 0 atom stereocenters. The molecule has 0 fully saturated rings. The quantitative estimate of drug-likeness (QED) is 0.624. The third kappa shape index (κ3) is 3.82. The first kappa shape index (κ1) is 17.6. The number of thioether (sulfide) groups is 1. The van der Waals surface area contributed by atoms with E-state index in [4.69, 9.17) is 9.15 Å². The van der Waals surface area contributed by atoms with Gasteiger partial charge < -0.3 is 14.1 Å². The van der Waals surface area contributed by atoms with Crippen LogP contribution in [0.4, 0.5) is 5.69 Å². The number of aromatic nitrogens is 4. The second-order valence-electron chi connectivity index (χ2n) is 6.25. The van der Waals surface area contributed by atoms with Crippen LogP contribution in [0.2, 0.25) is 0 Å². The molecule has 3 heterocycles. The highest BCUT2D eigenvalue weighted by molar-refractivity contribution is 7.99. The number of fused-ring (bicyclic) bond motifs is 1. The molecule has 0 unspecified atom stereocenters. The lowest BCUT2D eigenvalue weighted by atomic mass is 10.1. The second kappa shape index (κ2) is 7.43. The Morgan fingerprint density at radius 2 is 2.15 bits per heavy atom. The fourth-order valence-electron chi connectivity index (χ4n) is 2.84. The van der Waals surface area contributed by atoms with Gasteiger partial charge in [-0.25, -0.2) is 0 Å². The van der Waals surface area contributed by atoms with Crippen LogP contribution in [0.15, 0.2) is 40.1 Å². The van der Waals surface area contributed by atoms with Crippen LogP contribution in [0, 0.1) is 13.8 Å². The molecule has 0 saturated carbocycles. The number of benzene rings is 1. The lowest BCUT2D eigenvalue weighted by molar-refractivity contribution is -0.116. The van der Waals surface area contributed by atoms with E-state index in [1.165, 1.54) is 11.8 Å². The Labute approximate surface area is 160 Å². The number of amides is 1. The monoisotopic (exact) mass is 385 g/mol. The topological polar surface area (TPSA) is 86.3 Å². The van der Waals surface area contributed by atoms with Crippen LogP contribution >= 0.6 is 11.8 Å². The van der Waals surface area contributed by atoms with Crippen LogP contribution in [0.25, 0.3) is 0 Å². The van der Waals surface area contributed by atoms with Crippen LogP contribution in [0.5, 0.6) is 5.75 Å². The molecular weight excluding hydrogens is 366 g/mol. The van der Waals surface area contributed by atoms with Gasteiger partial charge in [0.05, 0.1) is 18.0 Å². The van der Waals surface area contributed by atoms with Crippen LogP contribution < -0.4 is 9.64 Å². The van der Waals surface area contributed by atoms with Gasteiger partial charge in [0.1, 0.15) is 18.9 Å². The number of nitrogens with zero attached hydrogens (tertiary/aromatic N) is 5. The maximum atomic E-state index is 12.7. The molecule has 27 heavy (non-hydrogen) atoms. The fraction of sp³-hybridized carbons (Fsp3) is 0.333. The zero-order valence-corrected chi connectivity index (χ0v) is 15.9. The molecule has 8 nitrogen and oxygen atoms in total. The first-order valence-electron chi connectivity index (χ1n) is 8.57. The van der Waals surface area contributed by atoms with E-state index in [1.54, 1.807) is 15.8 Å². The smallest absolute Gasteiger partial charge is 0.277 e. The number of anilines is 1. The molecule has 0 bridgehead atoms. The Morgan fingerprint density at radius 1 is 1.26 bits per heavy atom. The van der Waals surface area contributed by atoms with Crippen molar-refractivity contribution in [2.75, 3.05) is 23.8 Å². The van der Waals surface area contributed by atoms with Gasteiger partial charge in [0.15, 0.2) is 0 Å². The predicted molar refractivity (Wildman–Crippen MR) is 100 cm³/mol. The standard InChI is InChI=1S/C18H19N5O3S/c1-12-3-4-15-14(9-12)22(7-8-25-15)17(24)11-27-18-21-20-16(26-18)10-23-13(2)5-6-19-23/h3-6,9H,7-8,10-11H2,1-2H3. The van der Waals surface area contributed by atoms with Crippen LogP contribution in [0.3, 0.4) is 0 Å². The lowest BCUT2D eigenvalue weighted by Crippen LogP contribution is -2.39. The van der Waals surface area contributed by atoms with E-state index in [9.17, 15) is 4.79 Å². The van der Waals surface area contributed by atoms with Crippen molar-refractivity contribution in [2.24, 2.45) is 0 Å². The second-order valence-corrected chi connectivity index (χ2v) is 7.17. The molecule has 4 rings (SSSR count). The average molecular weight is 385 g/mol. The summed E-state index contributed by atoms with van der Waals surface area (Å²) >= 11 is 1.24. The van der Waals surface area contributed by atoms with E-state index in [0.29, 0.717) is 30.8 Å².